The van der Waals surface area contributed by atoms with Crippen LogP contribution in [0.2, 0.25) is 5.02 Å². The van der Waals surface area contributed by atoms with Crippen LogP contribution in [0.3, 0.4) is 0 Å². The average molecular weight is 675 g/mol. The number of carbonyl (C=O) groups excluding carboxylic acids is 2. The van der Waals surface area contributed by atoms with Crippen molar-refractivity contribution >= 4 is 34.4 Å². The molecule has 2 fully saturated rings. The van der Waals surface area contributed by atoms with E-state index in [2.05, 4.69) is 40.6 Å². The molecule has 8 nitrogen and oxygen atoms in total. The maximum atomic E-state index is 13.6. The molecule has 1 saturated heterocycles. The van der Waals surface area contributed by atoms with E-state index in [-0.39, 0.29) is 23.1 Å². The maximum Gasteiger partial charge on any atom is 0.287 e. The van der Waals surface area contributed by atoms with Gasteiger partial charge in [0.2, 0.25) is 5.91 Å². The number of benzene rings is 3. The number of carbonyl (C=O) groups is 2. The Hall–Kier alpha value is -4.95. The third-order valence-electron chi connectivity index (χ3n) is 9.76. The van der Waals surface area contributed by atoms with Crippen molar-refractivity contribution in [3.63, 3.8) is 0 Å². The quantitative estimate of drug-likeness (QED) is 0.161. The van der Waals surface area contributed by atoms with Crippen LogP contribution in [0.5, 0.6) is 0 Å². The summed E-state index contributed by atoms with van der Waals surface area (Å²) in [5.74, 6) is 0.202. The molecular formula is C40H39ClN4O4. The second-order valence-corrected chi connectivity index (χ2v) is 13.5. The van der Waals surface area contributed by atoms with Gasteiger partial charge in [-0.25, -0.2) is 4.98 Å². The van der Waals surface area contributed by atoms with Crippen molar-refractivity contribution in [3.8, 4) is 5.69 Å². The predicted molar refractivity (Wildman–Crippen MR) is 191 cm³/mol. The summed E-state index contributed by atoms with van der Waals surface area (Å²) in [4.78, 5) is 45.4. The molecule has 1 atom stereocenters. The van der Waals surface area contributed by atoms with Gasteiger partial charge in [-0.15, -0.1) is 0 Å². The second-order valence-electron chi connectivity index (χ2n) is 13.1. The number of fused-ring (bicyclic) bond motifs is 1. The Kier molecular flexibility index (Phi) is 9.75. The van der Waals surface area contributed by atoms with Gasteiger partial charge in [0.05, 0.1) is 17.8 Å². The second kappa shape index (κ2) is 14.7. The summed E-state index contributed by atoms with van der Waals surface area (Å²) in [5.41, 5.74) is 5.76. The Morgan fingerprint density at radius 1 is 1.00 bits per heavy atom. The zero-order valence-electron chi connectivity index (χ0n) is 27.3. The lowest BCUT2D eigenvalue weighted by atomic mass is 9.79. The summed E-state index contributed by atoms with van der Waals surface area (Å²) in [5, 5.41) is 4.19. The van der Waals surface area contributed by atoms with Crippen molar-refractivity contribution in [3.05, 3.63) is 141 Å². The number of hydrogen-bond acceptors (Lipinski definition) is 5. The van der Waals surface area contributed by atoms with E-state index in [4.69, 9.17) is 16.0 Å². The first-order valence-corrected chi connectivity index (χ1v) is 17.4. The van der Waals surface area contributed by atoms with Gasteiger partial charge in [-0.3, -0.25) is 14.4 Å². The van der Waals surface area contributed by atoms with E-state index < -0.39 is 5.91 Å². The van der Waals surface area contributed by atoms with Crippen LogP contribution in [0.1, 0.15) is 78.1 Å². The number of likely N-dealkylation sites (tertiary alicyclic amines) is 1. The number of imidazole rings is 1. The first-order valence-electron chi connectivity index (χ1n) is 17.1. The van der Waals surface area contributed by atoms with Crippen LogP contribution in [-0.4, -0.2) is 38.9 Å². The topological polar surface area (TPSA) is 97.4 Å². The fraction of sp³-hybridized carbons (Fsp3) is 0.300. The van der Waals surface area contributed by atoms with Crippen LogP contribution < -0.4 is 10.7 Å². The van der Waals surface area contributed by atoms with Gasteiger partial charge in [-0.05, 0) is 97.9 Å². The van der Waals surface area contributed by atoms with Crippen LogP contribution in [0.15, 0.2) is 112 Å². The Bertz CT molecular complexity index is 2040. The van der Waals surface area contributed by atoms with Crippen LogP contribution in [0.25, 0.3) is 16.7 Å². The molecule has 250 valence electrons. The number of rotatable bonds is 9. The van der Waals surface area contributed by atoms with Crippen LogP contribution >= 0.6 is 11.6 Å². The first kappa shape index (κ1) is 32.6. The average Bonchev–Trinajstić information content (AvgIpc) is 3.66. The Labute approximate surface area is 290 Å². The van der Waals surface area contributed by atoms with Crippen molar-refractivity contribution in [2.24, 2.45) is 0 Å². The molecular weight excluding hydrogens is 636 g/mol. The van der Waals surface area contributed by atoms with E-state index in [0.29, 0.717) is 41.3 Å². The van der Waals surface area contributed by atoms with Crippen molar-refractivity contribution in [1.82, 2.24) is 19.8 Å². The largest absolute Gasteiger partial charge is 0.451 e. The molecule has 1 aliphatic heterocycles. The molecule has 1 N–H and O–H groups in total. The monoisotopic (exact) mass is 674 g/mol. The van der Waals surface area contributed by atoms with E-state index in [1.54, 1.807) is 35.4 Å². The lowest BCUT2D eigenvalue weighted by molar-refractivity contribution is -0.133. The molecule has 0 unspecified atom stereocenters. The highest BCUT2D eigenvalue weighted by molar-refractivity contribution is 6.30. The standard InChI is InChI=1S/C40H39ClN4O4/c41-31-14-10-28(11-15-31)22-32(43-40(48)38-24-36(46)35-23-33(16-17-37(35)49-38)45-20-18-42-26-45)21-27-8-12-29(13-9-27)34-6-2-1-5-30(34)25-44-19-4-3-7-39(44)47/h1-2,5-6,10-11,14-18,20-21,23-24,26,29,32H,3-4,7-9,12-13,19,22,25H2,(H,43,48)/t29?,32-/m1/s1. The molecule has 2 aliphatic rings. The van der Waals surface area contributed by atoms with E-state index in [1.165, 1.54) is 22.8 Å². The van der Waals surface area contributed by atoms with Gasteiger partial charge in [0.1, 0.15) is 5.58 Å². The van der Waals surface area contributed by atoms with Crippen LogP contribution in [0, 0.1) is 0 Å². The van der Waals surface area contributed by atoms with Gasteiger partial charge in [0, 0.05) is 48.7 Å². The predicted octanol–water partition coefficient (Wildman–Crippen LogP) is 7.77. The van der Waals surface area contributed by atoms with Crippen LogP contribution in [-0.2, 0) is 17.8 Å². The summed E-state index contributed by atoms with van der Waals surface area (Å²) in [6, 6.07) is 22.4. The number of amides is 2. The highest BCUT2D eigenvalue weighted by atomic mass is 35.5. The Balaban J connectivity index is 1.08. The van der Waals surface area contributed by atoms with Gasteiger partial charge in [-0.2, -0.15) is 0 Å². The third-order valence-corrected chi connectivity index (χ3v) is 10.0. The number of piperidine rings is 1. The van der Waals surface area contributed by atoms with Crippen molar-refractivity contribution < 1.29 is 14.0 Å². The molecule has 2 amide bonds. The summed E-state index contributed by atoms with van der Waals surface area (Å²) < 4.78 is 7.77. The number of nitrogens with one attached hydrogen (secondary N) is 1. The zero-order valence-corrected chi connectivity index (χ0v) is 28.1. The number of aromatic nitrogens is 2. The molecule has 2 aromatic heterocycles. The molecule has 9 heteroatoms. The lowest BCUT2D eigenvalue weighted by Crippen LogP contribution is -2.36. The fourth-order valence-electron chi connectivity index (χ4n) is 7.16. The first-order chi connectivity index (χ1) is 23.9. The molecule has 0 radical (unpaired) electrons. The third kappa shape index (κ3) is 7.70. The van der Waals surface area contributed by atoms with Gasteiger partial charge >= 0.3 is 0 Å². The number of allylic oxidation sites excluding steroid dienone is 1. The van der Waals surface area contributed by atoms with Crippen molar-refractivity contribution in [2.75, 3.05) is 6.54 Å². The lowest BCUT2D eigenvalue weighted by Gasteiger charge is -2.31. The summed E-state index contributed by atoms with van der Waals surface area (Å²) in [6.07, 6.45) is 14.4. The number of nitrogens with zero attached hydrogens (tertiary/aromatic N) is 3. The number of halogens is 1. The smallest absolute Gasteiger partial charge is 0.287 e. The SMILES string of the molecule is O=C(N[C@H](C=C1CCC(c2ccccc2CN2CCCCC2=O)CC1)Cc1ccc(Cl)cc1)c1cc(=O)c2cc(-n3ccnc3)ccc2o1. The summed E-state index contributed by atoms with van der Waals surface area (Å²) >= 11 is 6.16. The highest BCUT2D eigenvalue weighted by Crippen LogP contribution is 2.37. The fourth-order valence-corrected chi connectivity index (χ4v) is 7.28. The minimum Gasteiger partial charge on any atom is -0.451 e. The molecule has 49 heavy (non-hydrogen) atoms. The minimum atomic E-state index is -0.441. The minimum absolute atomic E-state index is 0.0279. The molecule has 0 spiro atoms. The van der Waals surface area contributed by atoms with Gasteiger partial charge in [0.15, 0.2) is 11.2 Å². The molecule has 7 rings (SSSR count). The Morgan fingerprint density at radius 2 is 1.82 bits per heavy atom. The molecule has 3 aromatic carbocycles. The van der Waals surface area contributed by atoms with Gasteiger partial charge in [0.25, 0.3) is 5.91 Å². The van der Waals surface area contributed by atoms with E-state index in [9.17, 15) is 14.4 Å². The molecule has 5 aromatic rings. The molecule has 1 saturated carbocycles. The van der Waals surface area contributed by atoms with E-state index in [1.807, 2.05) is 35.2 Å². The summed E-state index contributed by atoms with van der Waals surface area (Å²) in [6.45, 7) is 1.52. The van der Waals surface area contributed by atoms with Crippen LogP contribution in [0.4, 0.5) is 0 Å². The van der Waals surface area contributed by atoms with E-state index >= 15 is 0 Å². The zero-order chi connectivity index (χ0) is 33.7. The van der Waals surface area contributed by atoms with Crippen molar-refractivity contribution in [1.29, 1.82) is 0 Å². The molecule has 0 bridgehead atoms. The van der Waals surface area contributed by atoms with Crippen molar-refractivity contribution in [2.45, 2.75) is 69.9 Å². The molecule has 3 heterocycles. The molecule has 1 aliphatic carbocycles. The highest BCUT2D eigenvalue weighted by Gasteiger charge is 2.25. The van der Waals surface area contributed by atoms with Gasteiger partial charge in [-0.1, -0.05) is 59.6 Å². The Morgan fingerprint density at radius 3 is 2.59 bits per heavy atom. The normalized spacial score (nSPS) is 17.2. The van der Waals surface area contributed by atoms with E-state index in [0.717, 1.165) is 56.3 Å². The summed E-state index contributed by atoms with van der Waals surface area (Å²) in [7, 11) is 0. The van der Waals surface area contributed by atoms with Gasteiger partial charge < -0.3 is 19.2 Å². The number of hydrogen-bond donors (Lipinski definition) is 1. The maximum absolute atomic E-state index is 13.6.